The number of benzene rings is 14. The van der Waals surface area contributed by atoms with E-state index in [4.69, 9.17) is 0 Å². The molecule has 0 spiro atoms. The molecule has 0 saturated carbocycles. The van der Waals surface area contributed by atoms with Crippen LogP contribution in [0.2, 0.25) is 0 Å². The van der Waals surface area contributed by atoms with E-state index in [1.54, 1.807) is 0 Å². The minimum atomic E-state index is -0.193. The largest absolute Gasteiger partial charge is 0.420 e. The van der Waals surface area contributed by atoms with Gasteiger partial charge in [-0.3, -0.25) is 0 Å². The molecule has 14 aromatic rings. The molecule has 0 N–H and O–H groups in total. The predicted octanol–water partition coefficient (Wildman–Crippen LogP) is 16.6. The SMILES string of the molecule is c1ccc2c(c1)N(c1cccc3ccccc13)B(c1cc3ccc4cc(B5N(c6cccc7ccccc67)c6ccccc6N5c5cccc6ccccc56)cc5ccc(c1)c3c45)N2c1cccc2ccccc12. The Morgan fingerprint density at radius 2 is 0.405 bits per heavy atom. The van der Waals surface area contributed by atoms with Crippen molar-refractivity contribution in [2.24, 2.45) is 0 Å². The van der Waals surface area contributed by atoms with Crippen molar-refractivity contribution in [1.29, 1.82) is 0 Å². The van der Waals surface area contributed by atoms with E-state index < -0.39 is 0 Å². The maximum Gasteiger partial charge on any atom is 0.420 e. The first-order chi connectivity index (χ1) is 36.7. The van der Waals surface area contributed by atoms with E-state index in [0.717, 1.165) is 0 Å². The zero-order valence-corrected chi connectivity index (χ0v) is 40.3. The van der Waals surface area contributed by atoms with Crippen LogP contribution in [0.1, 0.15) is 0 Å². The van der Waals surface area contributed by atoms with Gasteiger partial charge in [-0.25, -0.2) is 0 Å². The third kappa shape index (κ3) is 6.00. The fourth-order valence-electron chi connectivity index (χ4n) is 13.0. The second-order valence-corrected chi connectivity index (χ2v) is 20.0. The number of rotatable bonds is 6. The van der Waals surface area contributed by atoms with Crippen molar-refractivity contribution in [3.63, 3.8) is 0 Å². The molecule has 2 aliphatic heterocycles. The molecular weight excluding hydrogens is 894 g/mol. The first-order valence-electron chi connectivity index (χ1n) is 25.7. The van der Waals surface area contributed by atoms with Gasteiger partial charge in [-0.15, -0.1) is 0 Å². The number of hydrogen-bond donors (Lipinski definition) is 0. The zero-order valence-electron chi connectivity index (χ0n) is 40.3. The van der Waals surface area contributed by atoms with Gasteiger partial charge in [-0.1, -0.05) is 218 Å². The summed E-state index contributed by atoms with van der Waals surface area (Å²) in [5, 5.41) is 17.3. The molecule has 2 aliphatic rings. The summed E-state index contributed by atoms with van der Waals surface area (Å²) < 4.78 is 0. The summed E-state index contributed by atoms with van der Waals surface area (Å²) in [5.41, 5.74) is 11.9. The molecule has 0 amide bonds. The van der Waals surface area contributed by atoms with E-state index >= 15 is 0 Å². The fraction of sp³-hybridized carbons (Fsp3) is 0. The monoisotopic (exact) mass is 938 g/mol. The fourth-order valence-corrected chi connectivity index (χ4v) is 13.0. The number of hydrogen-bond acceptors (Lipinski definition) is 4. The smallest absolute Gasteiger partial charge is 0.359 e. The Morgan fingerprint density at radius 3 is 0.676 bits per heavy atom. The summed E-state index contributed by atoms with van der Waals surface area (Å²) in [6.45, 7) is -0.386. The molecular formula is C68H44B2N4. The Morgan fingerprint density at radius 1 is 0.189 bits per heavy atom. The van der Waals surface area contributed by atoms with Crippen molar-refractivity contribution in [2.75, 3.05) is 19.2 Å². The van der Waals surface area contributed by atoms with Gasteiger partial charge in [-0.05, 0) is 113 Å². The van der Waals surface area contributed by atoms with Gasteiger partial charge >= 0.3 is 14.0 Å². The summed E-state index contributed by atoms with van der Waals surface area (Å²) in [4.78, 5) is 10.3. The third-order valence-electron chi connectivity index (χ3n) is 16.1. The average Bonchev–Trinajstić information content (AvgIpc) is 3.99. The molecule has 0 aromatic heterocycles. The quantitative estimate of drug-likeness (QED) is 0.122. The molecule has 0 fully saturated rings. The van der Waals surface area contributed by atoms with Crippen molar-refractivity contribution in [1.82, 2.24) is 0 Å². The molecule has 16 rings (SSSR count). The Hall–Kier alpha value is -9.51. The first-order valence-corrected chi connectivity index (χ1v) is 25.7. The van der Waals surface area contributed by atoms with Crippen LogP contribution in [0.25, 0.3) is 75.4 Å². The van der Waals surface area contributed by atoms with E-state index in [1.807, 2.05) is 0 Å². The maximum absolute atomic E-state index is 2.58. The molecule has 0 radical (unpaired) electrons. The van der Waals surface area contributed by atoms with Crippen LogP contribution in [-0.4, -0.2) is 14.0 Å². The molecule has 0 atom stereocenters. The molecule has 0 bridgehead atoms. The minimum Gasteiger partial charge on any atom is -0.359 e. The van der Waals surface area contributed by atoms with Crippen LogP contribution in [0.4, 0.5) is 45.5 Å². The van der Waals surface area contributed by atoms with Crippen LogP contribution in [0.5, 0.6) is 0 Å². The van der Waals surface area contributed by atoms with Crippen LogP contribution in [0.3, 0.4) is 0 Å². The highest BCUT2D eigenvalue weighted by Crippen LogP contribution is 2.51. The van der Waals surface area contributed by atoms with E-state index in [2.05, 4.69) is 286 Å². The molecule has 342 valence electrons. The molecule has 6 heteroatoms. The van der Waals surface area contributed by atoms with E-state index in [0.29, 0.717) is 0 Å². The second-order valence-electron chi connectivity index (χ2n) is 20.0. The van der Waals surface area contributed by atoms with Crippen LogP contribution in [-0.2, 0) is 0 Å². The maximum atomic E-state index is 2.58. The van der Waals surface area contributed by atoms with Crippen molar-refractivity contribution < 1.29 is 0 Å². The van der Waals surface area contributed by atoms with E-state index in [9.17, 15) is 0 Å². The number of anilines is 8. The Bertz CT molecular complexity index is 4000. The molecule has 0 aliphatic carbocycles. The first kappa shape index (κ1) is 41.1. The van der Waals surface area contributed by atoms with Gasteiger partial charge in [0.05, 0.1) is 22.7 Å². The lowest BCUT2D eigenvalue weighted by Crippen LogP contribution is -2.53. The van der Waals surface area contributed by atoms with E-state index in [1.165, 1.54) is 132 Å². The Labute approximate surface area is 429 Å². The average molecular weight is 939 g/mol. The molecule has 74 heavy (non-hydrogen) atoms. The van der Waals surface area contributed by atoms with Crippen molar-refractivity contribution in [3.8, 4) is 0 Å². The van der Waals surface area contributed by atoms with Gasteiger partial charge < -0.3 is 19.2 Å². The van der Waals surface area contributed by atoms with E-state index in [-0.39, 0.29) is 14.0 Å². The third-order valence-corrected chi connectivity index (χ3v) is 16.1. The van der Waals surface area contributed by atoms with Crippen molar-refractivity contribution in [3.05, 3.63) is 267 Å². The van der Waals surface area contributed by atoms with Crippen LogP contribution in [0, 0.1) is 0 Å². The zero-order chi connectivity index (χ0) is 48.4. The number of nitrogens with zero attached hydrogens (tertiary/aromatic N) is 4. The highest BCUT2D eigenvalue weighted by molar-refractivity contribution is 6.86. The van der Waals surface area contributed by atoms with Crippen molar-refractivity contribution >= 4 is 146 Å². The van der Waals surface area contributed by atoms with Gasteiger partial charge in [0.15, 0.2) is 0 Å². The number of para-hydroxylation sites is 4. The number of fused-ring (bicyclic) bond motifs is 6. The molecule has 2 heterocycles. The Balaban J connectivity index is 0.910. The summed E-state index contributed by atoms with van der Waals surface area (Å²) in [7, 11) is 0. The standard InChI is InChI=1S/C68H44B2N4/c1-5-25-55-45(17-1)21-13-33-59(55)71-63-29-9-10-30-64(63)72(60-34-14-22-46-18-2-6-26-56(46)60)69(71)53-41-49-37-39-51-43-54(44-52-40-38-50(42-53)67(49)68(51)52)70-73(61-35-15-23-47-19-3-7-27-57(47)61)65-31-11-12-32-66(65)74(70)62-36-16-24-48-20-4-8-28-58(48)62/h1-44H. The van der Waals surface area contributed by atoms with Crippen LogP contribution < -0.4 is 30.2 Å². The van der Waals surface area contributed by atoms with Crippen LogP contribution >= 0.6 is 0 Å². The van der Waals surface area contributed by atoms with Crippen LogP contribution in [0.15, 0.2) is 267 Å². The van der Waals surface area contributed by atoms with Gasteiger partial charge in [-0.2, -0.15) is 0 Å². The topological polar surface area (TPSA) is 13.0 Å². The van der Waals surface area contributed by atoms with Crippen molar-refractivity contribution in [2.45, 2.75) is 0 Å². The summed E-state index contributed by atoms with van der Waals surface area (Å²) in [5.74, 6) is 0. The lowest BCUT2D eigenvalue weighted by atomic mass is 9.62. The lowest BCUT2D eigenvalue weighted by Gasteiger charge is -2.32. The minimum absolute atomic E-state index is 0.193. The molecule has 0 unspecified atom stereocenters. The predicted molar refractivity (Wildman–Crippen MR) is 318 cm³/mol. The normalized spacial score (nSPS) is 13.5. The van der Waals surface area contributed by atoms with Gasteiger partial charge in [0.25, 0.3) is 0 Å². The summed E-state index contributed by atoms with van der Waals surface area (Å²) in [6, 6.07) is 99.4. The summed E-state index contributed by atoms with van der Waals surface area (Å²) in [6.07, 6.45) is 0. The summed E-state index contributed by atoms with van der Waals surface area (Å²) >= 11 is 0. The highest BCUT2D eigenvalue weighted by Gasteiger charge is 2.46. The Kier molecular flexibility index (Phi) is 8.89. The van der Waals surface area contributed by atoms with Gasteiger partial charge in [0.1, 0.15) is 0 Å². The lowest BCUT2D eigenvalue weighted by molar-refractivity contribution is 1.42. The molecule has 0 saturated heterocycles. The highest BCUT2D eigenvalue weighted by atomic mass is 15.3. The molecule has 14 aromatic carbocycles. The van der Waals surface area contributed by atoms with Gasteiger partial charge in [0.2, 0.25) is 0 Å². The second kappa shape index (κ2) is 16.0. The molecule has 4 nitrogen and oxygen atoms in total. The van der Waals surface area contributed by atoms with Gasteiger partial charge in [0, 0.05) is 44.3 Å².